The number of carbonyl (C=O) groups is 1. The summed E-state index contributed by atoms with van der Waals surface area (Å²) in [4.78, 5) is 16.3. The number of amides is 1. The third kappa shape index (κ3) is 4.21. The van der Waals surface area contributed by atoms with Gasteiger partial charge in [-0.2, -0.15) is 0 Å². The van der Waals surface area contributed by atoms with Crippen LogP contribution in [0.3, 0.4) is 0 Å². The van der Waals surface area contributed by atoms with E-state index in [-0.39, 0.29) is 5.91 Å². The van der Waals surface area contributed by atoms with E-state index in [1.165, 1.54) is 0 Å². The maximum absolute atomic E-state index is 12.1. The number of benzene rings is 1. The van der Waals surface area contributed by atoms with Gasteiger partial charge in [0.05, 0.1) is 13.2 Å². The van der Waals surface area contributed by atoms with E-state index < -0.39 is 0 Å². The first kappa shape index (κ1) is 14.8. The SMILES string of the molecule is COCc1cccc(NCC(=O)N2CCN(C)CC2)c1. The summed E-state index contributed by atoms with van der Waals surface area (Å²) in [5.74, 6) is 0.162. The maximum atomic E-state index is 12.1. The monoisotopic (exact) mass is 277 g/mol. The van der Waals surface area contributed by atoms with E-state index in [1.54, 1.807) is 7.11 Å². The van der Waals surface area contributed by atoms with Crippen LogP contribution in [0.25, 0.3) is 0 Å². The van der Waals surface area contributed by atoms with Gasteiger partial charge in [0.25, 0.3) is 0 Å². The second-order valence-corrected chi connectivity index (χ2v) is 5.17. The van der Waals surface area contributed by atoms with E-state index in [0.29, 0.717) is 13.2 Å². The first-order valence-electron chi connectivity index (χ1n) is 6.97. The minimum Gasteiger partial charge on any atom is -0.380 e. The van der Waals surface area contributed by atoms with Gasteiger partial charge >= 0.3 is 0 Å². The fourth-order valence-electron chi connectivity index (χ4n) is 2.28. The first-order valence-corrected chi connectivity index (χ1v) is 6.97. The summed E-state index contributed by atoms with van der Waals surface area (Å²) < 4.78 is 5.11. The summed E-state index contributed by atoms with van der Waals surface area (Å²) in [6, 6.07) is 7.96. The molecule has 0 saturated carbocycles. The number of rotatable bonds is 5. The van der Waals surface area contributed by atoms with E-state index >= 15 is 0 Å². The molecule has 0 radical (unpaired) electrons. The molecule has 5 heteroatoms. The molecule has 0 aromatic heterocycles. The van der Waals surface area contributed by atoms with Crippen molar-refractivity contribution in [1.82, 2.24) is 9.80 Å². The molecule has 1 aromatic rings. The molecule has 1 aliphatic rings. The van der Waals surface area contributed by atoms with Gasteiger partial charge in [-0.05, 0) is 24.7 Å². The quantitative estimate of drug-likeness (QED) is 0.873. The van der Waals surface area contributed by atoms with Crippen molar-refractivity contribution in [3.63, 3.8) is 0 Å². The zero-order valence-corrected chi connectivity index (χ0v) is 12.3. The van der Waals surface area contributed by atoms with E-state index in [9.17, 15) is 4.79 Å². The Morgan fingerprint density at radius 2 is 2.05 bits per heavy atom. The highest BCUT2D eigenvalue weighted by Gasteiger charge is 2.18. The third-order valence-corrected chi connectivity index (χ3v) is 3.54. The summed E-state index contributed by atoms with van der Waals surface area (Å²) in [5, 5.41) is 3.19. The zero-order chi connectivity index (χ0) is 14.4. The van der Waals surface area contributed by atoms with Crippen LogP contribution >= 0.6 is 0 Å². The molecule has 0 bridgehead atoms. The Bertz CT molecular complexity index is 442. The van der Waals surface area contributed by atoms with E-state index in [2.05, 4.69) is 17.3 Å². The van der Waals surface area contributed by atoms with E-state index in [4.69, 9.17) is 4.74 Å². The molecule has 1 fully saturated rings. The lowest BCUT2D eigenvalue weighted by Gasteiger charge is -2.32. The lowest BCUT2D eigenvalue weighted by Crippen LogP contribution is -2.48. The molecule has 0 aliphatic carbocycles. The molecule has 0 unspecified atom stereocenters. The predicted octanol–water partition coefficient (Wildman–Crippen LogP) is 1.02. The summed E-state index contributed by atoms with van der Waals surface area (Å²) in [5.41, 5.74) is 2.06. The number of hydrogen-bond acceptors (Lipinski definition) is 4. The van der Waals surface area contributed by atoms with Crippen LogP contribution in [0.4, 0.5) is 5.69 Å². The van der Waals surface area contributed by atoms with Gasteiger partial charge < -0.3 is 19.9 Å². The van der Waals surface area contributed by atoms with Crippen molar-refractivity contribution in [2.24, 2.45) is 0 Å². The fraction of sp³-hybridized carbons (Fsp3) is 0.533. The molecule has 5 nitrogen and oxygen atoms in total. The average molecular weight is 277 g/mol. The normalized spacial score (nSPS) is 16.2. The summed E-state index contributed by atoms with van der Waals surface area (Å²) in [6.07, 6.45) is 0. The number of likely N-dealkylation sites (N-methyl/N-ethyl adjacent to an activating group) is 1. The Morgan fingerprint density at radius 3 is 2.75 bits per heavy atom. The van der Waals surface area contributed by atoms with Gasteiger partial charge in [0.15, 0.2) is 0 Å². The third-order valence-electron chi connectivity index (χ3n) is 3.54. The van der Waals surface area contributed by atoms with Gasteiger partial charge in [0.1, 0.15) is 0 Å². The number of ether oxygens (including phenoxy) is 1. The van der Waals surface area contributed by atoms with Crippen molar-refractivity contribution in [3.05, 3.63) is 29.8 Å². The Labute approximate surface area is 120 Å². The standard InChI is InChI=1S/C15H23N3O2/c1-17-6-8-18(9-7-17)15(19)11-16-14-5-3-4-13(10-14)12-20-2/h3-5,10,16H,6-9,11-12H2,1-2H3. The molecule has 1 heterocycles. The van der Waals surface area contributed by atoms with Gasteiger partial charge in [-0.1, -0.05) is 12.1 Å². The highest BCUT2D eigenvalue weighted by molar-refractivity contribution is 5.81. The molecule has 1 amide bonds. The highest BCUT2D eigenvalue weighted by atomic mass is 16.5. The maximum Gasteiger partial charge on any atom is 0.241 e. The Kier molecular flexibility index (Phi) is 5.38. The average Bonchev–Trinajstić information content (AvgIpc) is 2.46. The molecule has 1 aliphatic heterocycles. The van der Waals surface area contributed by atoms with Crippen LogP contribution in [0.5, 0.6) is 0 Å². The Morgan fingerprint density at radius 1 is 1.30 bits per heavy atom. The molecule has 1 saturated heterocycles. The van der Waals surface area contributed by atoms with Gasteiger partial charge in [0, 0.05) is 39.0 Å². The predicted molar refractivity (Wildman–Crippen MR) is 79.7 cm³/mol. The molecule has 1 aromatic carbocycles. The Hall–Kier alpha value is -1.59. The molecule has 1 N–H and O–H groups in total. The fourth-order valence-corrected chi connectivity index (χ4v) is 2.28. The molecule has 2 rings (SSSR count). The van der Waals surface area contributed by atoms with Gasteiger partial charge in [-0.15, -0.1) is 0 Å². The zero-order valence-electron chi connectivity index (χ0n) is 12.3. The number of nitrogens with zero attached hydrogens (tertiary/aromatic N) is 2. The van der Waals surface area contributed by atoms with Crippen molar-refractivity contribution in [3.8, 4) is 0 Å². The minimum absolute atomic E-state index is 0.162. The number of hydrogen-bond donors (Lipinski definition) is 1. The van der Waals surface area contributed by atoms with Crippen molar-refractivity contribution in [2.45, 2.75) is 6.61 Å². The number of anilines is 1. The topological polar surface area (TPSA) is 44.8 Å². The summed E-state index contributed by atoms with van der Waals surface area (Å²) in [7, 11) is 3.76. The lowest BCUT2D eigenvalue weighted by atomic mass is 10.2. The number of carbonyl (C=O) groups excluding carboxylic acids is 1. The van der Waals surface area contributed by atoms with Crippen LogP contribution in [0.15, 0.2) is 24.3 Å². The smallest absolute Gasteiger partial charge is 0.241 e. The van der Waals surface area contributed by atoms with Crippen LogP contribution in [0, 0.1) is 0 Å². The number of nitrogens with one attached hydrogen (secondary N) is 1. The summed E-state index contributed by atoms with van der Waals surface area (Å²) >= 11 is 0. The molecule has 0 atom stereocenters. The summed E-state index contributed by atoms with van der Waals surface area (Å²) in [6.45, 7) is 4.48. The molecular weight excluding hydrogens is 254 g/mol. The van der Waals surface area contributed by atoms with E-state index in [1.807, 2.05) is 29.2 Å². The molecule has 0 spiro atoms. The molecular formula is C15H23N3O2. The van der Waals surface area contributed by atoms with Crippen molar-refractivity contribution < 1.29 is 9.53 Å². The number of methoxy groups -OCH3 is 1. The van der Waals surface area contributed by atoms with Gasteiger partial charge in [-0.25, -0.2) is 0 Å². The van der Waals surface area contributed by atoms with Crippen LogP contribution in [0.2, 0.25) is 0 Å². The van der Waals surface area contributed by atoms with Crippen LogP contribution < -0.4 is 5.32 Å². The highest BCUT2D eigenvalue weighted by Crippen LogP contribution is 2.11. The van der Waals surface area contributed by atoms with Crippen LogP contribution in [-0.4, -0.2) is 62.6 Å². The number of piperazine rings is 1. The van der Waals surface area contributed by atoms with Gasteiger partial charge in [-0.3, -0.25) is 4.79 Å². The van der Waals surface area contributed by atoms with Crippen molar-refractivity contribution in [2.75, 3.05) is 52.2 Å². The second kappa shape index (κ2) is 7.26. The molecule has 110 valence electrons. The van der Waals surface area contributed by atoms with Crippen LogP contribution in [-0.2, 0) is 16.1 Å². The largest absolute Gasteiger partial charge is 0.380 e. The van der Waals surface area contributed by atoms with Gasteiger partial charge in [0.2, 0.25) is 5.91 Å². The minimum atomic E-state index is 0.162. The van der Waals surface area contributed by atoms with Crippen molar-refractivity contribution >= 4 is 11.6 Å². The Balaban J connectivity index is 1.82. The lowest BCUT2D eigenvalue weighted by molar-refractivity contribution is -0.130. The molecule has 20 heavy (non-hydrogen) atoms. The van der Waals surface area contributed by atoms with Crippen molar-refractivity contribution in [1.29, 1.82) is 0 Å². The van der Waals surface area contributed by atoms with E-state index in [0.717, 1.165) is 37.4 Å². The van der Waals surface area contributed by atoms with Crippen LogP contribution in [0.1, 0.15) is 5.56 Å². The second-order valence-electron chi connectivity index (χ2n) is 5.17. The first-order chi connectivity index (χ1) is 9.69.